The average Bonchev–Trinajstić information content (AvgIpc) is 3.00. The molecule has 3 aromatic carbocycles. The molecule has 0 aliphatic carbocycles. The van der Waals surface area contributed by atoms with E-state index in [1.807, 2.05) is 0 Å². The molecule has 1 aliphatic heterocycles. The summed E-state index contributed by atoms with van der Waals surface area (Å²) >= 11 is 18.0. The number of rotatable bonds is 11. The van der Waals surface area contributed by atoms with Crippen molar-refractivity contribution in [1.82, 2.24) is 0 Å². The maximum Gasteiger partial charge on any atom is 0.338 e. The SMILES string of the molecule is CCOC[C@H]1O[C@H](OCC)[C@H](OC(=O)c2ccc(Cl)cc2)[C@@H](OC(=O)c2ccc(Cl)cc2)[C@@H]1OC(=O)c1ccc(Cl)cc1. The first-order valence-corrected chi connectivity index (χ1v) is 14.6. The van der Waals surface area contributed by atoms with Gasteiger partial charge in [-0.15, -0.1) is 0 Å². The first kappa shape index (κ1) is 32.7. The van der Waals surface area contributed by atoms with Crippen molar-refractivity contribution in [2.24, 2.45) is 0 Å². The smallest absolute Gasteiger partial charge is 0.338 e. The van der Waals surface area contributed by atoms with E-state index in [-0.39, 0.29) is 29.9 Å². The van der Waals surface area contributed by atoms with E-state index in [2.05, 4.69) is 0 Å². The number of hydrogen-bond donors (Lipinski definition) is 0. The maximum atomic E-state index is 13.4. The number of halogens is 3. The summed E-state index contributed by atoms with van der Waals surface area (Å²) < 4.78 is 35.3. The van der Waals surface area contributed by atoms with Crippen LogP contribution in [0.5, 0.6) is 0 Å². The average molecular weight is 652 g/mol. The minimum Gasteiger partial charge on any atom is -0.452 e. The van der Waals surface area contributed by atoms with Gasteiger partial charge >= 0.3 is 17.9 Å². The molecule has 9 nitrogen and oxygen atoms in total. The van der Waals surface area contributed by atoms with Crippen molar-refractivity contribution in [2.75, 3.05) is 19.8 Å². The van der Waals surface area contributed by atoms with E-state index in [0.29, 0.717) is 21.7 Å². The summed E-state index contributed by atoms with van der Waals surface area (Å²) in [6, 6.07) is 18.1. The van der Waals surface area contributed by atoms with Crippen molar-refractivity contribution in [1.29, 1.82) is 0 Å². The maximum absolute atomic E-state index is 13.4. The highest BCUT2D eigenvalue weighted by Crippen LogP contribution is 2.32. The summed E-state index contributed by atoms with van der Waals surface area (Å²) in [6.07, 6.45) is -6.21. The topological polar surface area (TPSA) is 107 Å². The summed E-state index contributed by atoms with van der Waals surface area (Å²) in [4.78, 5) is 40.0. The quantitative estimate of drug-likeness (QED) is 0.171. The van der Waals surface area contributed by atoms with Gasteiger partial charge in [-0.3, -0.25) is 0 Å². The third kappa shape index (κ3) is 8.69. The lowest BCUT2D eigenvalue weighted by atomic mass is 9.97. The lowest BCUT2D eigenvalue weighted by molar-refractivity contribution is -0.299. The number of benzene rings is 3. The first-order valence-electron chi connectivity index (χ1n) is 13.4. The second kappa shape index (κ2) is 15.5. The molecule has 228 valence electrons. The summed E-state index contributed by atoms with van der Waals surface area (Å²) in [6.45, 7) is 3.94. The van der Waals surface area contributed by atoms with Crippen LogP contribution in [0, 0.1) is 0 Å². The highest BCUT2D eigenvalue weighted by molar-refractivity contribution is 6.31. The van der Waals surface area contributed by atoms with E-state index < -0.39 is 48.6 Å². The first-order chi connectivity index (χ1) is 20.7. The Hall–Kier alpha value is -3.18. The van der Waals surface area contributed by atoms with Gasteiger partial charge in [0.15, 0.2) is 24.6 Å². The zero-order valence-corrected chi connectivity index (χ0v) is 25.5. The van der Waals surface area contributed by atoms with Gasteiger partial charge in [-0.25, -0.2) is 14.4 Å². The normalized spacial score (nSPS) is 21.6. The van der Waals surface area contributed by atoms with Crippen LogP contribution in [0.15, 0.2) is 72.8 Å². The van der Waals surface area contributed by atoms with Crippen LogP contribution in [0.4, 0.5) is 0 Å². The van der Waals surface area contributed by atoms with Crippen LogP contribution in [-0.4, -0.2) is 68.4 Å². The second-order valence-electron chi connectivity index (χ2n) is 9.29. The van der Waals surface area contributed by atoms with Crippen molar-refractivity contribution in [3.05, 3.63) is 105 Å². The molecule has 0 radical (unpaired) electrons. The molecule has 43 heavy (non-hydrogen) atoms. The molecule has 1 aliphatic rings. The summed E-state index contributed by atoms with van der Waals surface area (Å²) in [7, 11) is 0. The highest BCUT2D eigenvalue weighted by Gasteiger charge is 2.53. The lowest BCUT2D eigenvalue weighted by Gasteiger charge is -2.44. The third-order valence-electron chi connectivity index (χ3n) is 6.38. The standard InChI is InChI=1S/C31H29Cl3O9/c1-3-38-17-24-25(41-28(35)18-5-11-21(32)12-6-18)26(42-29(36)19-7-13-22(33)14-8-19)27(31(40-24)39-4-2)43-30(37)20-9-15-23(34)16-10-20/h5-16,24-27,31H,3-4,17H2,1-2H3/t24-,25-,26+,27-,31+/m1/s1. The minimum atomic E-state index is -1.38. The van der Waals surface area contributed by atoms with Gasteiger partial charge in [0.2, 0.25) is 0 Å². The summed E-state index contributed by atoms with van der Waals surface area (Å²) in [5, 5.41) is 1.27. The fraction of sp³-hybridized carbons (Fsp3) is 0.323. The van der Waals surface area contributed by atoms with Gasteiger partial charge in [-0.2, -0.15) is 0 Å². The minimum absolute atomic E-state index is 0.0501. The molecule has 3 aromatic rings. The molecule has 4 rings (SSSR count). The van der Waals surface area contributed by atoms with Crippen molar-refractivity contribution >= 4 is 52.7 Å². The van der Waals surface area contributed by atoms with E-state index in [1.165, 1.54) is 72.8 Å². The van der Waals surface area contributed by atoms with E-state index in [0.717, 1.165) is 0 Å². The third-order valence-corrected chi connectivity index (χ3v) is 7.13. The van der Waals surface area contributed by atoms with Crippen LogP contribution >= 0.6 is 34.8 Å². The van der Waals surface area contributed by atoms with E-state index in [1.54, 1.807) is 13.8 Å². The summed E-state index contributed by atoms with van der Waals surface area (Å²) in [5.41, 5.74) is 0.522. The molecule has 1 fully saturated rings. The number of carbonyl (C=O) groups excluding carboxylic acids is 3. The second-order valence-corrected chi connectivity index (χ2v) is 10.6. The fourth-order valence-corrected chi connectivity index (χ4v) is 4.66. The van der Waals surface area contributed by atoms with Crippen LogP contribution in [0.3, 0.4) is 0 Å². The molecular formula is C31H29Cl3O9. The Morgan fingerprint density at radius 2 is 1.00 bits per heavy atom. The highest BCUT2D eigenvalue weighted by atomic mass is 35.5. The van der Waals surface area contributed by atoms with Crippen LogP contribution in [0.2, 0.25) is 15.1 Å². The van der Waals surface area contributed by atoms with Crippen LogP contribution in [-0.2, 0) is 28.4 Å². The zero-order valence-electron chi connectivity index (χ0n) is 23.2. The predicted octanol–water partition coefficient (Wildman–Crippen LogP) is 6.42. The number of esters is 3. The van der Waals surface area contributed by atoms with Crippen molar-refractivity contribution in [2.45, 2.75) is 44.6 Å². The Morgan fingerprint density at radius 1 is 0.605 bits per heavy atom. The molecule has 0 saturated carbocycles. The van der Waals surface area contributed by atoms with Crippen molar-refractivity contribution in [3.8, 4) is 0 Å². The monoisotopic (exact) mass is 650 g/mol. The van der Waals surface area contributed by atoms with Gasteiger partial charge < -0.3 is 28.4 Å². The molecule has 0 bridgehead atoms. The van der Waals surface area contributed by atoms with E-state index in [4.69, 9.17) is 63.2 Å². The molecular weight excluding hydrogens is 623 g/mol. The Bertz CT molecular complexity index is 1380. The zero-order chi connectivity index (χ0) is 30.9. The number of hydrogen-bond acceptors (Lipinski definition) is 9. The Labute approximate surface area is 263 Å². The van der Waals surface area contributed by atoms with Crippen molar-refractivity contribution < 1.29 is 42.8 Å². The number of ether oxygens (including phenoxy) is 6. The Morgan fingerprint density at radius 3 is 1.40 bits per heavy atom. The van der Waals surface area contributed by atoms with E-state index in [9.17, 15) is 14.4 Å². The molecule has 5 atom stereocenters. The molecule has 0 N–H and O–H groups in total. The summed E-state index contributed by atoms with van der Waals surface area (Å²) in [5.74, 6) is -2.31. The van der Waals surface area contributed by atoms with Gasteiger partial charge in [-0.1, -0.05) is 34.8 Å². The Kier molecular flexibility index (Phi) is 11.8. The van der Waals surface area contributed by atoms with Crippen LogP contribution in [0.1, 0.15) is 44.9 Å². The molecule has 12 heteroatoms. The molecule has 1 saturated heterocycles. The molecule has 0 unspecified atom stereocenters. The number of carbonyl (C=O) groups is 3. The van der Waals surface area contributed by atoms with E-state index >= 15 is 0 Å². The Balaban J connectivity index is 1.74. The van der Waals surface area contributed by atoms with Crippen molar-refractivity contribution in [3.63, 3.8) is 0 Å². The molecule has 0 amide bonds. The van der Waals surface area contributed by atoms with Gasteiger partial charge in [0.1, 0.15) is 6.10 Å². The fourth-order valence-electron chi connectivity index (χ4n) is 4.28. The van der Waals surface area contributed by atoms with Gasteiger partial charge in [0.05, 0.1) is 23.3 Å². The lowest BCUT2D eigenvalue weighted by Crippen LogP contribution is -2.63. The molecule has 0 spiro atoms. The van der Waals surface area contributed by atoms with Gasteiger partial charge in [-0.05, 0) is 86.6 Å². The molecule has 1 heterocycles. The van der Waals surface area contributed by atoms with Crippen LogP contribution < -0.4 is 0 Å². The van der Waals surface area contributed by atoms with Crippen LogP contribution in [0.25, 0.3) is 0 Å². The van der Waals surface area contributed by atoms with Gasteiger partial charge in [0, 0.05) is 28.3 Å². The molecule has 0 aromatic heterocycles. The predicted molar refractivity (Wildman–Crippen MR) is 159 cm³/mol. The van der Waals surface area contributed by atoms with Gasteiger partial charge in [0.25, 0.3) is 0 Å². The largest absolute Gasteiger partial charge is 0.452 e.